The van der Waals surface area contributed by atoms with E-state index in [4.69, 9.17) is 4.74 Å². The summed E-state index contributed by atoms with van der Waals surface area (Å²) in [6, 6.07) is -1.56. The minimum atomic E-state index is -1.12. The molecule has 1 spiro atoms. The van der Waals surface area contributed by atoms with Crippen molar-refractivity contribution in [1.29, 1.82) is 0 Å². The molecule has 3 aliphatic heterocycles. The molecule has 34 heavy (non-hydrogen) atoms. The fraction of sp³-hybridized carbons (Fsp3) is 0.731. The summed E-state index contributed by atoms with van der Waals surface area (Å²) in [7, 11) is 1.70. The molecule has 2 bridgehead atoms. The van der Waals surface area contributed by atoms with Crippen molar-refractivity contribution in [2.24, 2.45) is 17.8 Å². The van der Waals surface area contributed by atoms with Crippen molar-refractivity contribution in [3.05, 3.63) is 25.3 Å². The van der Waals surface area contributed by atoms with E-state index in [0.29, 0.717) is 25.9 Å². The number of hydrogen-bond donors (Lipinski definition) is 1. The van der Waals surface area contributed by atoms with Gasteiger partial charge in [0.1, 0.15) is 11.6 Å². The fourth-order valence-corrected chi connectivity index (χ4v) is 6.51. The minimum Gasteiger partial charge on any atom is -0.394 e. The van der Waals surface area contributed by atoms with Gasteiger partial charge in [-0.25, -0.2) is 0 Å². The monoisotopic (exact) mass is 475 g/mol. The van der Waals surface area contributed by atoms with E-state index in [-0.39, 0.29) is 36.3 Å². The number of carbonyl (C=O) groups is 3. The van der Waals surface area contributed by atoms with Crippen LogP contribution in [0.3, 0.4) is 0 Å². The number of fused-ring (bicyclic) bond motifs is 1. The number of carbonyl (C=O) groups excluding carboxylic acids is 3. The Balaban J connectivity index is 2.19. The molecule has 3 saturated heterocycles. The van der Waals surface area contributed by atoms with Gasteiger partial charge in [-0.15, -0.1) is 13.2 Å². The highest BCUT2D eigenvalue weighted by Crippen LogP contribution is 2.65. The Hall–Kier alpha value is -2.19. The Labute approximate surface area is 203 Å². The zero-order valence-corrected chi connectivity index (χ0v) is 21.5. The van der Waals surface area contributed by atoms with Gasteiger partial charge in [0.05, 0.1) is 30.1 Å². The Morgan fingerprint density at radius 2 is 1.88 bits per heavy atom. The highest BCUT2D eigenvalue weighted by atomic mass is 16.5. The van der Waals surface area contributed by atoms with Gasteiger partial charge in [-0.2, -0.15) is 0 Å². The lowest BCUT2D eigenvalue weighted by Gasteiger charge is -2.40. The molecule has 8 heteroatoms. The van der Waals surface area contributed by atoms with E-state index in [9.17, 15) is 19.5 Å². The maximum Gasteiger partial charge on any atom is 0.248 e. The van der Waals surface area contributed by atoms with Crippen LogP contribution in [-0.2, 0) is 19.1 Å². The number of amides is 3. The van der Waals surface area contributed by atoms with E-state index in [1.54, 1.807) is 29.0 Å². The molecule has 3 amide bonds. The number of likely N-dealkylation sites (tertiary alicyclic amines) is 1. The zero-order chi connectivity index (χ0) is 25.6. The highest BCUT2D eigenvalue weighted by Gasteiger charge is 2.80. The van der Waals surface area contributed by atoms with Crippen molar-refractivity contribution in [1.82, 2.24) is 14.7 Å². The van der Waals surface area contributed by atoms with E-state index in [0.717, 1.165) is 0 Å². The average molecular weight is 476 g/mol. The molecule has 3 rings (SSSR count). The fourth-order valence-electron chi connectivity index (χ4n) is 6.51. The number of ether oxygens (including phenoxy) is 1. The van der Waals surface area contributed by atoms with Crippen LogP contribution >= 0.6 is 0 Å². The Bertz CT molecular complexity index is 855. The van der Waals surface area contributed by atoms with Crippen LogP contribution in [0.15, 0.2) is 25.3 Å². The summed E-state index contributed by atoms with van der Waals surface area (Å²) in [6.07, 6.45) is 4.31. The first-order valence-electron chi connectivity index (χ1n) is 12.4. The third-order valence-electron chi connectivity index (χ3n) is 8.34. The van der Waals surface area contributed by atoms with Gasteiger partial charge in [-0.1, -0.05) is 26.0 Å². The van der Waals surface area contributed by atoms with Crippen LogP contribution in [0.5, 0.6) is 0 Å². The summed E-state index contributed by atoms with van der Waals surface area (Å²) in [5.74, 6) is -2.19. The molecule has 3 aliphatic rings. The lowest BCUT2D eigenvalue weighted by atomic mass is 9.62. The predicted molar refractivity (Wildman–Crippen MR) is 130 cm³/mol. The Kier molecular flexibility index (Phi) is 7.35. The minimum absolute atomic E-state index is 0.0287. The highest BCUT2D eigenvalue weighted by molar-refractivity contribution is 5.99. The third-order valence-corrected chi connectivity index (χ3v) is 8.34. The molecule has 3 unspecified atom stereocenters. The standard InChI is InChI=1S/C26H41N3O5/c1-9-12-27(8)22(31)19-20-23(32)29(18(11-3)15-30)21(24(33)28(13-10-2)16(4)5)26(20)14-17(6)25(19,7)34-26/h9-10,16-21,30H,1-2,11-15H2,3-8H3/t17?,18-,19+,20-,21?,25-,26?/m0/s1. The van der Waals surface area contributed by atoms with E-state index in [1.807, 2.05) is 34.6 Å². The molecule has 3 heterocycles. The quantitative estimate of drug-likeness (QED) is 0.487. The SMILES string of the molecule is C=CCN(C)C(=O)[C@H]1[C@H]2C(=O)N([C@@H](CC)CO)C(C(=O)N(CC=C)C(C)C)C23CC(C)[C@]1(C)O3. The summed E-state index contributed by atoms with van der Waals surface area (Å²) in [6.45, 7) is 17.6. The van der Waals surface area contributed by atoms with Gasteiger partial charge >= 0.3 is 0 Å². The number of likely N-dealkylation sites (N-methyl/N-ethyl adjacent to an activating group) is 1. The molecule has 1 N–H and O–H groups in total. The van der Waals surface area contributed by atoms with Crippen molar-refractivity contribution in [2.45, 2.75) is 76.8 Å². The Morgan fingerprint density at radius 1 is 1.26 bits per heavy atom. The number of aliphatic hydroxyl groups is 1. The van der Waals surface area contributed by atoms with Gasteiger partial charge in [0.25, 0.3) is 0 Å². The topological polar surface area (TPSA) is 90.4 Å². The third kappa shape index (κ3) is 3.61. The molecule has 0 aromatic carbocycles. The van der Waals surface area contributed by atoms with E-state index in [2.05, 4.69) is 13.2 Å². The molecule has 3 fully saturated rings. The van der Waals surface area contributed by atoms with Crippen LogP contribution < -0.4 is 0 Å². The van der Waals surface area contributed by atoms with Gasteiger partial charge < -0.3 is 24.5 Å². The number of aliphatic hydroxyl groups excluding tert-OH is 1. The van der Waals surface area contributed by atoms with Crippen LogP contribution in [0.25, 0.3) is 0 Å². The van der Waals surface area contributed by atoms with Crippen LogP contribution in [0.4, 0.5) is 0 Å². The van der Waals surface area contributed by atoms with E-state index in [1.165, 1.54) is 4.90 Å². The van der Waals surface area contributed by atoms with Crippen molar-refractivity contribution in [3.63, 3.8) is 0 Å². The van der Waals surface area contributed by atoms with Gasteiger partial charge in [-0.05, 0) is 39.5 Å². The number of nitrogens with zero attached hydrogens (tertiary/aromatic N) is 3. The van der Waals surface area contributed by atoms with Crippen LogP contribution in [0.1, 0.15) is 47.5 Å². The second-order valence-electron chi connectivity index (χ2n) is 10.6. The summed E-state index contributed by atoms with van der Waals surface area (Å²) >= 11 is 0. The molecule has 0 saturated carbocycles. The average Bonchev–Trinajstić information content (AvgIpc) is 3.29. The van der Waals surface area contributed by atoms with Crippen molar-refractivity contribution in [2.75, 3.05) is 26.7 Å². The number of rotatable bonds is 10. The van der Waals surface area contributed by atoms with Crippen LogP contribution in [0.2, 0.25) is 0 Å². The van der Waals surface area contributed by atoms with Crippen molar-refractivity contribution < 1.29 is 24.2 Å². The molecule has 7 atom stereocenters. The molecular formula is C26H41N3O5. The maximum atomic E-state index is 14.1. The Morgan fingerprint density at radius 3 is 2.38 bits per heavy atom. The lowest BCUT2D eigenvalue weighted by Crippen LogP contribution is -2.59. The maximum absolute atomic E-state index is 14.1. The second kappa shape index (κ2) is 9.46. The molecule has 0 radical (unpaired) electrons. The first-order chi connectivity index (χ1) is 16.0. The van der Waals surface area contributed by atoms with E-state index < -0.39 is 35.1 Å². The summed E-state index contributed by atoms with van der Waals surface area (Å²) in [4.78, 5) is 46.7. The second-order valence-corrected chi connectivity index (χ2v) is 10.6. The zero-order valence-electron chi connectivity index (χ0n) is 21.5. The first-order valence-corrected chi connectivity index (χ1v) is 12.4. The van der Waals surface area contributed by atoms with Crippen LogP contribution in [0, 0.1) is 17.8 Å². The molecule has 0 aromatic heterocycles. The largest absolute Gasteiger partial charge is 0.394 e. The summed E-state index contributed by atoms with van der Waals surface area (Å²) < 4.78 is 6.74. The molecule has 8 nitrogen and oxygen atoms in total. The molecule has 190 valence electrons. The van der Waals surface area contributed by atoms with Gasteiger partial charge in [0.15, 0.2) is 0 Å². The van der Waals surface area contributed by atoms with Gasteiger partial charge in [-0.3, -0.25) is 14.4 Å². The van der Waals surface area contributed by atoms with Gasteiger partial charge in [0, 0.05) is 26.2 Å². The predicted octanol–water partition coefficient (Wildman–Crippen LogP) is 1.84. The molecular weight excluding hydrogens is 434 g/mol. The van der Waals surface area contributed by atoms with Crippen LogP contribution in [-0.4, -0.2) is 93.6 Å². The first kappa shape index (κ1) is 26.4. The lowest BCUT2D eigenvalue weighted by molar-refractivity contribution is -0.158. The van der Waals surface area contributed by atoms with E-state index >= 15 is 0 Å². The molecule has 0 aliphatic carbocycles. The number of hydrogen-bond acceptors (Lipinski definition) is 5. The summed E-state index contributed by atoms with van der Waals surface area (Å²) in [5.41, 5.74) is -1.98. The smallest absolute Gasteiger partial charge is 0.248 e. The molecule has 0 aromatic rings. The van der Waals surface area contributed by atoms with Crippen molar-refractivity contribution >= 4 is 17.7 Å². The summed E-state index contributed by atoms with van der Waals surface area (Å²) in [5, 5.41) is 10.2. The van der Waals surface area contributed by atoms with Gasteiger partial charge in [0.2, 0.25) is 17.7 Å². The van der Waals surface area contributed by atoms with Crippen molar-refractivity contribution in [3.8, 4) is 0 Å². The normalized spacial score (nSPS) is 34.8.